The Kier molecular flexibility index (Phi) is 9.41. The Morgan fingerprint density at radius 3 is 1.46 bits per heavy atom. The SMILES string of the molecule is O=C(O)c1ccncc1CC[C@@H]1CCOc2cc(C3CC3)ccc21.O=C(O)c1ccncc1CC[C@H]1CCOc2cc(C3CC3)ccc21. The van der Waals surface area contributed by atoms with Crippen LogP contribution in [0.1, 0.15) is 129 Å². The lowest BCUT2D eigenvalue weighted by Crippen LogP contribution is -2.15. The van der Waals surface area contributed by atoms with Crippen molar-refractivity contribution in [3.63, 3.8) is 0 Å². The molecular formula is C40H42N2O6. The minimum atomic E-state index is -0.881. The van der Waals surface area contributed by atoms with Crippen LogP contribution in [0.25, 0.3) is 0 Å². The fourth-order valence-electron chi connectivity index (χ4n) is 7.23. The van der Waals surface area contributed by atoms with Gasteiger partial charge in [-0.05, 0) is 146 Å². The number of hydrogen-bond acceptors (Lipinski definition) is 6. The van der Waals surface area contributed by atoms with Gasteiger partial charge in [-0.2, -0.15) is 0 Å². The van der Waals surface area contributed by atoms with Crippen LogP contribution in [0.2, 0.25) is 0 Å². The molecule has 2 aromatic carbocycles. The van der Waals surface area contributed by atoms with E-state index in [1.165, 1.54) is 60.3 Å². The third-order valence-electron chi connectivity index (χ3n) is 10.3. The Hall–Kier alpha value is -4.72. The average molecular weight is 647 g/mol. The molecule has 0 unspecified atom stereocenters. The van der Waals surface area contributed by atoms with Crippen LogP contribution in [-0.2, 0) is 12.8 Å². The molecule has 0 radical (unpaired) electrons. The summed E-state index contributed by atoms with van der Waals surface area (Å²) in [5, 5.41) is 18.6. The van der Waals surface area contributed by atoms with Gasteiger partial charge in [0.25, 0.3) is 0 Å². The minimum absolute atomic E-state index is 0.362. The Bertz CT molecular complexity index is 1670. The number of carboxylic acids is 2. The first-order valence-electron chi connectivity index (χ1n) is 17.3. The van der Waals surface area contributed by atoms with Crippen molar-refractivity contribution in [3.8, 4) is 11.5 Å². The van der Waals surface area contributed by atoms with Gasteiger partial charge in [-0.15, -0.1) is 0 Å². The number of aromatic nitrogens is 2. The summed E-state index contributed by atoms with van der Waals surface area (Å²) in [6.07, 6.45) is 16.9. The van der Waals surface area contributed by atoms with Crippen molar-refractivity contribution >= 4 is 11.9 Å². The van der Waals surface area contributed by atoms with Crippen LogP contribution in [0.4, 0.5) is 0 Å². The lowest BCUT2D eigenvalue weighted by molar-refractivity contribution is 0.0684. The normalized spacial score (nSPS) is 19.4. The monoisotopic (exact) mass is 646 g/mol. The van der Waals surface area contributed by atoms with E-state index in [1.54, 1.807) is 24.5 Å². The number of ether oxygens (including phenoxy) is 2. The quantitative estimate of drug-likeness (QED) is 0.177. The Morgan fingerprint density at radius 1 is 0.625 bits per heavy atom. The van der Waals surface area contributed by atoms with Crippen molar-refractivity contribution < 1.29 is 29.3 Å². The maximum atomic E-state index is 11.3. The first-order chi connectivity index (χ1) is 23.4. The first-order valence-corrected chi connectivity index (χ1v) is 17.3. The Balaban J connectivity index is 0.000000152. The molecule has 4 heterocycles. The van der Waals surface area contributed by atoms with Crippen LogP contribution >= 0.6 is 0 Å². The van der Waals surface area contributed by atoms with Crippen molar-refractivity contribution in [3.05, 3.63) is 118 Å². The maximum Gasteiger partial charge on any atom is 0.336 e. The van der Waals surface area contributed by atoms with Crippen molar-refractivity contribution in [1.82, 2.24) is 9.97 Å². The molecule has 2 aliphatic heterocycles. The van der Waals surface area contributed by atoms with Crippen LogP contribution in [-0.4, -0.2) is 45.3 Å². The molecule has 2 aliphatic carbocycles. The summed E-state index contributed by atoms with van der Waals surface area (Å²) in [6, 6.07) is 16.5. The lowest BCUT2D eigenvalue weighted by Gasteiger charge is -2.26. The van der Waals surface area contributed by atoms with Crippen molar-refractivity contribution in [2.45, 2.75) is 87.9 Å². The van der Waals surface area contributed by atoms with Crippen molar-refractivity contribution in [2.24, 2.45) is 0 Å². The van der Waals surface area contributed by atoms with Gasteiger partial charge in [0.15, 0.2) is 0 Å². The summed E-state index contributed by atoms with van der Waals surface area (Å²) in [4.78, 5) is 30.8. The number of carbonyl (C=O) groups is 2. The second-order valence-electron chi connectivity index (χ2n) is 13.6. The molecular weight excluding hydrogens is 604 g/mol. The van der Waals surface area contributed by atoms with E-state index in [0.29, 0.717) is 23.0 Å². The topological polar surface area (TPSA) is 119 Å². The highest BCUT2D eigenvalue weighted by Crippen LogP contribution is 2.46. The predicted octanol–water partition coefficient (Wildman–Crippen LogP) is 8.31. The smallest absolute Gasteiger partial charge is 0.336 e. The number of benzene rings is 2. The van der Waals surface area contributed by atoms with Crippen molar-refractivity contribution in [1.29, 1.82) is 0 Å². The van der Waals surface area contributed by atoms with E-state index < -0.39 is 11.9 Å². The van der Waals surface area contributed by atoms with Gasteiger partial charge in [0.1, 0.15) is 11.5 Å². The van der Waals surface area contributed by atoms with Crippen molar-refractivity contribution in [2.75, 3.05) is 13.2 Å². The van der Waals surface area contributed by atoms with Gasteiger partial charge < -0.3 is 19.7 Å². The molecule has 8 heteroatoms. The largest absolute Gasteiger partial charge is 0.493 e. The first kappa shape index (κ1) is 31.9. The number of nitrogens with zero attached hydrogens (tertiary/aromatic N) is 2. The molecule has 4 aliphatic rings. The van der Waals surface area contributed by atoms with Gasteiger partial charge in [-0.1, -0.05) is 24.3 Å². The highest BCUT2D eigenvalue weighted by molar-refractivity contribution is 5.89. The number of pyridine rings is 2. The molecule has 0 bridgehead atoms. The molecule has 4 aromatic rings. The minimum Gasteiger partial charge on any atom is -0.493 e. The van der Waals surface area contributed by atoms with Crippen LogP contribution < -0.4 is 9.47 Å². The van der Waals surface area contributed by atoms with Gasteiger partial charge in [0.05, 0.1) is 24.3 Å². The summed E-state index contributed by atoms with van der Waals surface area (Å²) in [5.41, 5.74) is 7.69. The van der Waals surface area contributed by atoms with E-state index in [2.05, 4.69) is 46.4 Å². The van der Waals surface area contributed by atoms with Gasteiger partial charge in [0, 0.05) is 24.8 Å². The van der Waals surface area contributed by atoms with Gasteiger partial charge in [0.2, 0.25) is 0 Å². The van der Waals surface area contributed by atoms with E-state index in [0.717, 1.165) is 86.2 Å². The number of carboxylic acid groups (broad SMARTS) is 2. The van der Waals surface area contributed by atoms with Gasteiger partial charge in [-0.3, -0.25) is 9.97 Å². The van der Waals surface area contributed by atoms with E-state index in [1.807, 2.05) is 0 Å². The Morgan fingerprint density at radius 2 is 1.06 bits per heavy atom. The zero-order valence-electron chi connectivity index (χ0n) is 27.1. The second-order valence-corrected chi connectivity index (χ2v) is 13.6. The van der Waals surface area contributed by atoms with E-state index >= 15 is 0 Å². The third kappa shape index (κ3) is 7.38. The summed E-state index contributed by atoms with van der Waals surface area (Å²) in [5.74, 6) is 2.59. The maximum absolute atomic E-state index is 11.3. The number of aryl methyl sites for hydroxylation is 2. The molecule has 0 amide bonds. The lowest BCUT2D eigenvalue weighted by atomic mass is 9.86. The number of hydrogen-bond donors (Lipinski definition) is 2. The molecule has 0 saturated heterocycles. The molecule has 8 rings (SSSR count). The molecule has 2 fully saturated rings. The highest BCUT2D eigenvalue weighted by atomic mass is 16.5. The van der Waals surface area contributed by atoms with E-state index in [-0.39, 0.29) is 0 Å². The summed E-state index contributed by atoms with van der Waals surface area (Å²) in [7, 11) is 0. The fraction of sp³-hybridized carbons (Fsp3) is 0.400. The molecule has 2 N–H and O–H groups in total. The number of fused-ring (bicyclic) bond motifs is 2. The average Bonchev–Trinajstić information content (AvgIpc) is 4.04. The second kappa shape index (κ2) is 14.2. The third-order valence-corrected chi connectivity index (χ3v) is 10.3. The number of aromatic carboxylic acids is 2. The number of rotatable bonds is 10. The summed E-state index contributed by atoms with van der Waals surface area (Å²) >= 11 is 0. The predicted molar refractivity (Wildman–Crippen MR) is 182 cm³/mol. The molecule has 48 heavy (non-hydrogen) atoms. The van der Waals surface area contributed by atoms with E-state index in [4.69, 9.17) is 9.47 Å². The van der Waals surface area contributed by atoms with Crippen LogP contribution in [0.15, 0.2) is 73.3 Å². The van der Waals surface area contributed by atoms with Crippen LogP contribution in [0.5, 0.6) is 11.5 Å². The molecule has 248 valence electrons. The highest BCUT2D eigenvalue weighted by Gasteiger charge is 2.29. The summed E-state index contributed by atoms with van der Waals surface area (Å²) in [6.45, 7) is 1.48. The molecule has 2 aromatic heterocycles. The molecule has 2 atom stereocenters. The van der Waals surface area contributed by atoms with Crippen LogP contribution in [0, 0.1) is 0 Å². The van der Waals surface area contributed by atoms with Gasteiger partial charge >= 0.3 is 11.9 Å². The standard InChI is InChI=1S/2C20H21NO3/c2*22-20(23)18-7-9-21-12-16(18)4-3-14-8-10-24-19-11-15(13-1-2-13)5-6-17(14)19/h2*5-7,9,11-14H,1-4,8,10H2,(H,22,23)/t2*14-/m10/s1. The molecule has 8 nitrogen and oxygen atoms in total. The summed E-state index contributed by atoms with van der Waals surface area (Å²) < 4.78 is 11.8. The molecule has 0 spiro atoms. The molecule has 2 saturated carbocycles. The Labute approximate surface area is 281 Å². The van der Waals surface area contributed by atoms with Gasteiger partial charge in [-0.25, -0.2) is 9.59 Å². The zero-order valence-corrected chi connectivity index (χ0v) is 27.1. The van der Waals surface area contributed by atoms with E-state index in [9.17, 15) is 19.8 Å². The van der Waals surface area contributed by atoms with Crippen LogP contribution in [0.3, 0.4) is 0 Å². The zero-order chi connectivity index (χ0) is 33.0. The fourth-order valence-corrected chi connectivity index (χ4v) is 7.23.